The Labute approximate surface area is 139 Å². The number of hydrogen-bond acceptors (Lipinski definition) is 5. The maximum atomic E-state index is 6.26. The van der Waals surface area contributed by atoms with Crippen molar-refractivity contribution < 1.29 is 4.74 Å². The molecule has 2 aromatic rings. The van der Waals surface area contributed by atoms with Crippen molar-refractivity contribution in [3.63, 3.8) is 0 Å². The van der Waals surface area contributed by atoms with Crippen LogP contribution in [0.5, 0.6) is 0 Å². The molecule has 1 saturated carbocycles. The zero-order valence-corrected chi connectivity index (χ0v) is 14.3. The molecule has 0 aromatic carbocycles. The predicted octanol–water partition coefficient (Wildman–Crippen LogP) is 2.90. The highest BCUT2D eigenvalue weighted by molar-refractivity contribution is 6.28. The van der Waals surface area contributed by atoms with Crippen molar-refractivity contribution in [1.82, 2.24) is 19.5 Å². The first-order valence-corrected chi connectivity index (χ1v) is 8.68. The van der Waals surface area contributed by atoms with Crippen LogP contribution in [-0.2, 0) is 10.3 Å². The molecule has 0 radical (unpaired) electrons. The van der Waals surface area contributed by atoms with Gasteiger partial charge >= 0.3 is 0 Å². The molecule has 0 amide bonds. The number of hydrogen-bond donors (Lipinski definition) is 0. The van der Waals surface area contributed by atoms with Crippen molar-refractivity contribution in [2.75, 3.05) is 18.1 Å². The maximum absolute atomic E-state index is 6.26. The molecule has 1 unspecified atom stereocenters. The van der Waals surface area contributed by atoms with Gasteiger partial charge in [-0.1, -0.05) is 0 Å². The SMILES string of the molecule is CC1COC(C)(C)c2nc3c(N4CC5CC4C5)nc(Cl)nc3n21. The third-order valence-corrected chi connectivity index (χ3v) is 5.71. The molecule has 6 rings (SSSR count). The molecule has 1 atom stereocenters. The molecule has 0 N–H and O–H groups in total. The molecular weight excluding hydrogens is 314 g/mol. The van der Waals surface area contributed by atoms with E-state index in [2.05, 4.69) is 40.2 Å². The van der Waals surface area contributed by atoms with Gasteiger partial charge in [0, 0.05) is 12.6 Å². The minimum Gasteiger partial charge on any atom is -0.365 e. The molecule has 3 aliphatic heterocycles. The second-order valence-electron chi connectivity index (χ2n) is 7.61. The number of nitrogens with zero attached hydrogens (tertiary/aromatic N) is 5. The molecule has 3 fully saturated rings. The molecule has 1 aliphatic carbocycles. The summed E-state index contributed by atoms with van der Waals surface area (Å²) in [4.78, 5) is 16.3. The summed E-state index contributed by atoms with van der Waals surface area (Å²) < 4.78 is 8.16. The van der Waals surface area contributed by atoms with Crippen molar-refractivity contribution in [2.45, 2.75) is 51.3 Å². The fourth-order valence-electron chi connectivity index (χ4n) is 4.23. The Kier molecular flexibility index (Phi) is 2.65. The summed E-state index contributed by atoms with van der Waals surface area (Å²) in [7, 11) is 0. The Morgan fingerprint density at radius 1 is 1.22 bits per heavy atom. The van der Waals surface area contributed by atoms with Crippen LogP contribution in [0.25, 0.3) is 11.2 Å². The molecule has 6 nitrogen and oxygen atoms in total. The van der Waals surface area contributed by atoms with E-state index in [0.29, 0.717) is 17.9 Å². The van der Waals surface area contributed by atoms with Crippen LogP contribution in [0.4, 0.5) is 5.82 Å². The summed E-state index contributed by atoms with van der Waals surface area (Å²) in [5.41, 5.74) is 1.27. The monoisotopic (exact) mass is 333 g/mol. The van der Waals surface area contributed by atoms with E-state index >= 15 is 0 Å². The minimum atomic E-state index is -0.427. The van der Waals surface area contributed by atoms with Gasteiger partial charge in [-0.2, -0.15) is 9.97 Å². The second kappa shape index (κ2) is 4.36. The van der Waals surface area contributed by atoms with Crippen LogP contribution in [0.15, 0.2) is 0 Å². The van der Waals surface area contributed by atoms with Gasteiger partial charge in [-0.15, -0.1) is 0 Å². The molecule has 2 saturated heterocycles. The molecular formula is C16H20ClN5O. The summed E-state index contributed by atoms with van der Waals surface area (Å²) >= 11 is 6.26. The maximum Gasteiger partial charge on any atom is 0.226 e. The lowest BCUT2D eigenvalue weighted by molar-refractivity contribution is -0.0655. The number of anilines is 1. The van der Waals surface area contributed by atoms with E-state index in [0.717, 1.165) is 35.3 Å². The van der Waals surface area contributed by atoms with Crippen LogP contribution in [0.2, 0.25) is 5.28 Å². The lowest BCUT2D eigenvalue weighted by Gasteiger charge is -2.34. The first kappa shape index (κ1) is 14.0. The third kappa shape index (κ3) is 1.82. The number of imidazole rings is 1. The van der Waals surface area contributed by atoms with E-state index in [1.165, 1.54) is 12.8 Å². The highest BCUT2D eigenvalue weighted by atomic mass is 35.5. The summed E-state index contributed by atoms with van der Waals surface area (Å²) in [6, 6.07) is 0.781. The van der Waals surface area contributed by atoms with E-state index in [4.69, 9.17) is 21.3 Å². The van der Waals surface area contributed by atoms with Gasteiger partial charge in [0.05, 0.1) is 12.6 Å². The fraction of sp³-hybridized carbons (Fsp3) is 0.688. The van der Waals surface area contributed by atoms with Gasteiger partial charge in [-0.25, -0.2) is 4.98 Å². The zero-order chi connectivity index (χ0) is 15.9. The fourth-order valence-corrected chi connectivity index (χ4v) is 4.40. The van der Waals surface area contributed by atoms with Crippen molar-refractivity contribution in [3.05, 3.63) is 11.1 Å². The largest absolute Gasteiger partial charge is 0.365 e. The number of aromatic nitrogens is 4. The van der Waals surface area contributed by atoms with E-state index in [9.17, 15) is 0 Å². The zero-order valence-electron chi connectivity index (χ0n) is 13.6. The second-order valence-corrected chi connectivity index (χ2v) is 7.95. The first-order valence-electron chi connectivity index (χ1n) is 8.30. The number of fused-ring (bicyclic) bond motifs is 4. The molecule has 23 heavy (non-hydrogen) atoms. The highest BCUT2D eigenvalue weighted by Crippen LogP contribution is 2.45. The normalized spacial score (nSPS) is 31.3. The van der Waals surface area contributed by atoms with E-state index in [-0.39, 0.29) is 6.04 Å². The molecule has 2 bridgehead atoms. The van der Waals surface area contributed by atoms with E-state index < -0.39 is 5.60 Å². The topological polar surface area (TPSA) is 56.1 Å². The summed E-state index contributed by atoms with van der Waals surface area (Å²) in [5, 5.41) is 0.302. The van der Waals surface area contributed by atoms with Crippen LogP contribution in [0, 0.1) is 5.92 Å². The molecule has 0 spiro atoms. The van der Waals surface area contributed by atoms with E-state index in [1.807, 2.05) is 0 Å². The Morgan fingerprint density at radius 2 is 2.00 bits per heavy atom. The third-order valence-electron chi connectivity index (χ3n) is 5.54. The van der Waals surface area contributed by atoms with Gasteiger partial charge in [-0.3, -0.25) is 0 Å². The Morgan fingerprint density at radius 3 is 2.70 bits per heavy atom. The van der Waals surface area contributed by atoms with Gasteiger partial charge in [0.25, 0.3) is 0 Å². The molecule has 2 aromatic heterocycles. The van der Waals surface area contributed by atoms with Gasteiger partial charge in [0.15, 0.2) is 17.0 Å². The molecule has 4 aliphatic rings. The summed E-state index contributed by atoms with van der Waals surface area (Å²) in [6.45, 7) is 7.94. The van der Waals surface area contributed by atoms with Crippen LogP contribution in [0.1, 0.15) is 45.5 Å². The van der Waals surface area contributed by atoms with Gasteiger partial charge < -0.3 is 14.2 Å². The molecule has 122 valence electrons. The van der Waals surface area contributed by atoms with Crippen molar-refractivity contribution >= 4 is 28.6 Å². The number of ether oxygens (including phenoxy) is 1. The van der Waals surface area contributed by atoms with Crippen LogP contribution < -0.4 is 4.90 Å². The van der Waals surface area contributed by atoms with Crippen molar-refractivity contribution in [1.29, 1.82) is 0 Å². The Balaban J connectivity index is 1.77. The van der Waals surface area contributed by atoms with Crippen LogP contribution in [-0.4, -0.2) is 38.7 Å². The van der Waals surface area contributed by atoms with Crippen LogP contribution in [0.3, 0.4) is 0 Å². The average Bonchev–Trinajstić information content (AvgIpc) is 3.13. The quantitative estimate of drug-likeness (QED) is 0.751. The minimum absolute atomic E-state index is 0.189. The lowest BCUT2D eigenvalue weighted by Crippen LogP contribution is -2.35. The van der Waals surface area contributed by atoms with Crippen molar-refractivity contribution in [3.8, 4) is 0 Å². The standard InChI is InChI=1S/C16H20ClN5O/c1-8-7-23-16(2,3)14-18-11-12(21-6-9-4-10(21)5-9)19-15(17)20-13(11)22(8)14/h8-10H,4-7H2,1-3H3. The summed E-state index contributed by atoms with van der Waals surface area (Å²) in [6.07, 6.45) is 2.53. The smallest absolute Gasteiger partial charge is 0.226 e. The van der Waals surface area contributed by atoms with E-state index in [1.54, 1.807) is 0 Å². The first-order chi connectivity index (χ1) is 10.9. The number of rotatable bonds is 1. The Hall–Kier alpha value is -1.40. The average molecular weight is 334 g/mol. The van der Waals surface area contributed by atoms with Gasteiger partial charge in [0.1, 0.15) is 11.4 Å². The van der Waals surface area contributed by atoms with Crippen molar-refractivity contribution in [2.24, 2.45) is 5.92 Å². The summed E-state index contributed by atoms with van der Waals surface area (Å²) in [5.74, 6) is 2.62. The molecule has 7 heteroatoms. The van der Waals surface area contributed by atoms with Gasteiger partial charge in [0.2, 0.25) is 5.28 Å². The Bertz CT molecular complexity index is 810. The predicted molar refractivity (Wildman–Crippen MR) is 87.9 cm³/mol. The number of halogens is 1. The highest BCUT2D eigenvalue weighted by Gasteiger charge is 2.45. The van der Waals surface area contributed by atoms with Gasteiger partial charge in [-0.05, 0) is 51.1 Å². The molecule has 5 heterocycles. The lowest BCUT2D eigenvalue weighted by atomic mass is 9.86. The van der Waals surface area contributed by atoms with Crippen LogP contribution >= 0.6 is 11.6 Å².